The number of hydrogen-bond donors (Lipinski definition) is 4. The number of nitrogens with two attached hydrogens (primary N) is 2. The molecule has 4 unspecified atom stereocenters. The van der Waals surface area contributed by atoms with E-state index in [1.54, 1.807) is 23.5 Å². The van der Waals surface area contributed by atoms with Gasteiger partial charge in [0.05, 0.1) is 26.1 Å². The maximum Gasteiger partial charge on any atom is 0.335 e. The van der Waals surface area contributed by atoms with Crippen molar-refractivity contribution in [2.45, 2.75) is 88.8 Å². The fraction of sp³-hybridized carbons (Fsp3) is 0.692. The molecular formula is C26H42N4O13S2. The lowest BCUT2D eigenvalue weighted by molar-refractivity contribution is -0.199. The highest BCUT2D eigenvalue weighted by molar-refractivity contribution is 8.04. The first-order valence-electron chi connectivity index (χ1n) is 14.2. The van der Waals surface area contributed by atoms with Gasteiger partial charge in [0.2, 0.25) is 0 Å². The summed E-state index contributed by atoms with van der Waals surface area (Å²) in [5, 5.41) is 18.9. The lowest BCUT2D eigenvalue weighted by atomic mass is 9.99. The molecule has 17 nitrogen and oxygen atoms in total. The Balaban J connectivity index is 0.000000857. The smallest absolute Gasteiger partial charge is 0.335 e. The predicted molar refractivity (Wildman–Crippen MR) is 161 cm³/mol. The molecule has 1 saturated carbocycles. The van der Waals surface area contributed by atoms with E-state index in [-0.39, 0.29) is 59.2 Å². The van der Waals surface area contributed by atoms with E-state index >= 15 is 0 Å². The zero-order valence-corrected chi connectivity index (χ0v) is 25.7. The van der Waals surface area contributed by atoms with Gasteiger partial charge in [-0.3, -0.25) is 28.8 Å². The SMILES string of the molecule is C.NC(CSC1CCC1SCC(N)C(=O)O)C(=O)O.O=C(CCOCCC(=O)ON1C(=O)CCC1=O)ON1C(=O)CCC1=O.[2H]C. The van der Waals surface area contributed by atoms with Crippen LogP contribution < -0.4 is 11.5 Å². The van der Waals surface area contributed by atoms with Gasteiger partial charge in [-0.25, -0.2) is 9.59 Å². The topological polar surface area (TPSA) is 263 Å². The Hall–Kier alpha value is -3.26. The second kappa shape index (κ2) is 20.7. The molecule has 6 N–H and O–H groups in total. The largest absolute Gasteiger partial charge is 0.480 e. The average Bonchev–Trinajstić information content (AvgIpc) is 3.47. The molecule has 45 heavy (non-hydrogen) atoms. The minimum atomic E-state index is -0.987. The van der Waals surface area contributed by atoms with E-state index in [4.69, 9.17) is 27.8 Å². The Morgan fingerprint density at radius 3 is 1.31 bits per heavy atom. The van der Waals surface area contributed by atoms with Gasteiger partial charge in [-0.2, -0.15) is 23.5 Å². The van der Waals surface area contributed by atoms with Gasteiger partial charge in [0, 0.05) is 49.1 Å². The van der Waals surface area contributed by atoms with Gasteiger partial charge in [-0.15, -0.1) is 10.1 Å². The standard InChI is InChI=1S/C14H16N2O9.C10H18N2O4S2.2CH4/c17-9-1-2-10(18)15(9)24-13(21)5-7-23-8-6-14(22)25-16-11(19)3-4-12(16)20;11-5(9(13)14)3-17-7-1-2-8(7)18-4-6(12)10(15)16;;/h1-8H2;5-8H,1-4,11-12H2,(H,13,14)(H,15,16);2*1H4/i;;1D;. The molecule has 4 amide bonds. The molecule has 2 heterocycles. The zero-order chi connectivity index (χ0) is 34.1. The molecule has 0 radical (unpaired) electrons. The summed E-state index contributed by atoms with van der Waals surface area (Å²) in [5.41, 5.74) is 10.9. The number of hydrogen-bond acceptors (Lipinski definition) is 15. The molecular weight excluding hydrogens is 640 g/mol. The van der Waals surface area contributed by atoms with Gasteiger partial charge >= 0.3 is 23.9 Å². The normalized spacial score (nSPS) is 20.3. The van der Waals surface area contributed by atoms with Crippen molar-refractivity contribution in [3.05, 3.63) is 0 Å². The van der Waals surface area contributed by atoms with E-state index in [0.29, 0.717) is 32.1 Å². The molecule has 3 fully saturated rings. The first-order chi connectivity index (χ1) is 21.3. The number of carbonyl (C=O) groups excluding carboxylic acids is 6. The van der Waals surface area contributed by atoms with Crippen molar-refractivity contribution in [2.75, 3.05) is 24.7 Å². The maximum atomic E-state index is 11.5. The molecule has 0 bridgehead atoms. The van der Waals surface area contributed by atoms with Crippen LogP contribution in [0.4, 0.5) is 0 Å². The minimum absolute atomic E-state index is 0. The van der Waals surface area contributed by atoms with Crippen molar-refractivity contribution in [1.82, 2.24) is 10.1 Å². The van der Waals surface area contributed by atoms with Gasteiger partial charge < -0.3 is 36.1 Å². The summed E-state index contributed by atoms with van der Waals surface area (Å²) in [6.07, 6.45) is 1.62. The Bertz CT molecular complexity index is 986. The van der Waals surface area contributed by atoms with Crippen molar-refractivity contribution in [3.63, 3.8) is 0 Å². The lowest BCUT2D eigenvalue weighted by Crippen LogP contribution is -2.39. The molecule has 256 valence electrons. The van der Waals surface area contributed by atoms with Crippen LogP contribution in [-0.4, -0.2) is 115 Å². The van der Waals surface area contributed by atoms with Gasteiger partial charge in [0.25, 0.3) is 23.6 Å². The van der Waals surface area contributed by atoms with E-state index < -0.39 is 59.6 Å². The predicted octanol–water partition coefficient (Wildman–Crippen LogP) is 0.0774. The second-order valence-corrected chi connectivity index (χ2v) is 12.0. The highest BCUT2D eigenvalue weighted by atomic mass is 32.2. The van der Waals surface area contributed by atoms with Crippen molar-refractivity contribution < 1.29 is 64.4 Å². The maximum absolute atomic E-state index is 11.5. The van der Waals surface area contributed by atoms with Crippen molar-refractivity contribution in [2.24, 2.45) is 11.5 Å². The molecule has 2 aliphatic heterocycles. The molecule has 0 aromatic carbocycles. The van der Waals surface area contributed by atoms with Gasteiger partial charge in [-0.05, 0) is 12.8 Å². The average molecular weight is 684 g/mol. The van der Waals surface area contributed by atoms with Crippen LogP contribution >= 0.6 is 23.5 Å². The molecule has 0 spiro atoms. The van der Waals surface area contributed by atoms with Gasteiger partial charge in [0.1, 0.15) is 12.1 Å². The summed E-state index contributed by atoms with van der Waals surface area (Å²) in [6.45, 7) is -0.214. The fourth-order valence-electron chi connectivity index (χ4n) is 3.44. The molecule has 0 aromatic heterocycles. The van der Waals surface area contributed by atoms with Gasteiger partial charge in [0.15, 0.2) is 0 Å². The van der Waals surface area contributed by atoms with E-state index in [9.17, 15) is 38.4 Å². The number of carboxylic acid groups (broad SMARTS) is 2. The molecule has 3 aliphatic rings. The summed E-state index contributed by atoms with van der Waals surface area (Å²) in [5.74, 6) is -5.14. The number of imide groups is 2. The quantitative estimate of drug-likeness (QED) is 0.124. The molecule has 3 rings (SSSR count). The molecule has 0 aromatic rings. The van der Waals surface area contributed by atoms with Crippen LogP contribution in [-0.2, 0) is 52.8 Å². The molecule has 2 saturated heterocycles. The second-order valence-electron chi connectivity index (χ2n) is 9.41. The van der Waals surface area contributed by atoms with Gasteiger partial charge in [-0.1, -0.05) is 14.8 Å². The highest BCUT2D eigenvalue weighted by Crippen LogP contribution is 2.40. The van der Waals surface area contributed by atoms with Crippen molar-refractivity contribution in [3.8, 4) is 0 Å². The Morgan fingerprint density at radius 2 is 1.04 bits per heavy atom. The van der Waals surface area contributed by atoms with Crippen LogP contribution in [0.3, 0.4) is 0 Å². The Kier molecular flexibility index (Phi) is 18.3. The highest BCUT2D eigenvalue weighted by Gasteiger charge is 2.34. The first-order valence-corrected chi connectivity index (χ1v) is 15.3. The van der Waals surface area contributed by atoms with Crippen LogP contribution in [0, 0.1) is 0 Å². The number of amides is 4. The number of carboxylic acids is 2. The number of thioether (sulfide) groups is 2. The van der Waals surface area contributed by atoms with Crippen LogP contribution in [0.25, 0.3) is 0 Å². The number of hydroxylamine groups is 4. The number of rotatable bonds is 16. The van der Waals surface area contributed by atoms with Crippen LogP contribution in [0.1, 0.15) is 67.6 Å². The summed E-state index contributed by atoms with van der Waals surface area (Å²) in [4.78, 5) is 98.3. The number of aliphatic carboxylic acids is 2. The molecule has 4 atom stereocenters. The lowest BCUT2D eigenvalue weighted by Gasteiger charge is -2.36. The monoisotopic (exact) mass is 683 g/mol. The van der Waals surface area contributed by atoms with E-state index in [1.165, 1.54) is 7.40 Å². The van der Waals surface area contributed by atoms with E-state index in [0.717, 1.165) is 12.8 Å². The summed E-state index contributed by atoms with van der Waals surface area (Å²) in [7, 11) is 1.25. The third kappa shape index (κ3) is 14.1. The first kappa shape index (κ1) is 39.8. The molecule has 19 heteroatoms. The van der Waals surface area contributed by atoms with E-state index in [1.807, 2.05) is 0 Å². The van der Waals surface area contributed by atoms with Crippen molar-refractivity contribution >= 4 is 71.0 Å². The number of nitrogens with zero attached hydrogens (tertiary/aromatic N) is 2. The minimum Gasteiger partial charge on any atom is -0.480 e. The molecule has 1 aliphatic carbocycles. The summed E-state index contributed by atoms with van der Waals surface area (Å²) < 4.78 is 10.8. The summed E-state index contributed by atoms with van der Waals surface area (Å²) in [6, 6.07) is -1.66. The third-order valence-electron chi connectivity index (χ3n) is 6.06. The van der Waals surface area contributed by atoms with Crippen molar-refractivity contribution in [1.29, 1.82) is 0 Å². The third-order valence-corrected chi connectivity index (χ3v) is 9.32. The Labute approximate surface area is 270 Å². The number of carbonyl (C=O) groups is 8. The Morgan fingerprint density at radius 1 is 0.733 bits per heavy atom. The van der Waals surface area contributed by atoms with Crippen LogP contribution in [0.15, 0.2) is 0 Å². The van der Waals surface area contributed by atoms with Crippen LogP contribution in [0.2, 0.25) is 0 Å². The zero-order valence-electron chi connectivity index (χ0n) is 25.0. The summed E-state index contributed by atoms with van der Waals surface area (Å²) >= 11 is 3.11. The fourth-order valence-corrected chi connectivity index (χ4v) is 6.41. The van der Waals surface area contributed by atoms with E-state index in [2.05, 4.69) is 9.68 Å². The van der Waals surface area contributed by atoms with Crippen LogP contribution in [0.5, 0.6) is 0 Å². The number of ether oxygens (including phenoxy) is 1.